The van der Waals surface area contributed by atoms with Gasteiger partial charge in [0.1, 0.15) is 0 Å². The highest BCUT2D eigenvalue weighted by molar-refractivity contribution is 7.19. The predicted molar refractivity (Wildman–Crippen MR) is 65.4 cm³/mol. The number of hydrogen-bond acceptors (Lipinski definition) is 1. The molecule has 0 aliphatic rings. The minimum Gasteiger partial charge on any atom is -0.140 e. The van der Waals surface area contributed by atoms with E-state index in [1.54, 1.807) is 0 Å². The van der Waals surface area contributed by atoms with Crippen LogP contribution < -0.4 is 0 Å². The van der Waals surface area contributed by atoms with Gasteiger partial charge in [-0.2, -0.15) is 0 Å². The van der Waals surface area contributed by atoms with Gasteiger partial charge < -0.3 is 0 Å². The number of hydrogen-bond donors (Lipinski definition) is 0. The summed E-state index contributed by atoms with van der Waals surface area (Å²) in [6.07, 6.45) is 0. The highest BCUT2D eigenvalue weighted by atomic mass is 32.1. The Hall–Kier alpha value is -0.820. The number of thiophene rings is 1. The van der Waals surface area contributed by atoms with Crippen molar-refractivity contribution in [3.8, 4) is 0 Å². The van der Waals surface area contributed by atoms with Crippen LogP contribution >= 0.6 is 11.3 Å². The first-order chi connectivity index (χ1) is 6.59. The molecule has 0 saturated heterocycles. The van der Waals surface area contributed by atoms with E-state index in [-0.39, 0.29) is 0 Å². The van der Waals surface area contributed by atoms with E-state index in [0.29, 0.717) is 5.92 Å². The zero-order valence-corrected chi connectivity index (χ0v) is 10.0. The molecule has 0 unspecified atom stereocenters. The molecule has 74 valence electrons. The normalized spacial score (nSPS) is 11.5. The maximum atomic E-state index is 2.29. The minimum atomic E-state index is 0.646. The fraction of sp³-hybridized carbons (Fsp3) is 0.385. The quantitative estimate of drug-likeness (QED) is 0.634. The van der Waals surface area contributed by atoms with Crippen LogP contribution in [-0.2, 0) is 0 Å². The van der Waals surface area contributed by atoms with Crippen molar-refractivity contribution in [1.82, 2.24) is 0 Å². The molecule has 2 aromatic rings. The number of aryl methyl sites for hydroxylation is 2. The van der Waals surface area contributed by atoms with Crippen LogP contribution in [0.5, 0.6) is 0 Å². The number of benzene rings is 1. The van der Waals surface area contributed by atoms with Gasteiger partial charge in [-0.15, -0.1) is 11.3 Å². The van der Waals surface area contributed by atoms with Crippen molar-refractivity contribution in [3.05, 3.63) is 34.2 Å². The molecule has 0 aliphatic heterocycles. The topological polar surface area (TPSA) is 0 Å². The van der Waals surface area contributed by atoms with Gasteiger partial charge >= 0.3 is 0 Å². The maximum Gasteiger partial charge on any atom is 0.0351 e. The Morgan fingerprint density at radius 2 is 1.86 bits per heavy atom. The van der Waals surface area contributed by atoms with E-state index in [0.717, 1.165) is 0 Å². The Labute approximate surface area is 89.6 Å². The van der Waals surface area contributed by atoms with Gasteiger partial charge in [-0.1, -0.05) is 26.0 Å². The highest BCUT2D eigenvalue weighted by Crippen LogP contribution is 2.35. The van der Waals surface area contributed by atoms with Crippen molar-refractivity contribution >= 4 is 21.4 Å². The lowest BCUT2D eigenvalue weighted by atomic mass is 10.1. The maximum absolute atomic E-state index is 2.29. The molecule has 0 saturated carbocycles. The fourth-order valence-electron chi connectivity index (χ4n) is 1.90. The molecule has 0 radical (unpaired) electrons. The summed E-state index contributed by atoms with van der Waals surface area (Å²) in [6.45, 7) is 8.93. The molecule has 0 nitrogen and oxygen atoms in total. The Balaban J connectivity index is 2.73. The third-order valence-electron chi connectivity index (χ3n) is 2.66. The van der Waals surface area contributed by atoms with Gasteiger partial charge in [0.05, 0.1) is 0 Å². The zero-order chi connectivity index (χ0) is 10.3. The molecule has 0 spiro atoms. The molecule has 1 aromatic carbocycles. The lowest BCUT2D eigenvalue weighted by Gasteiger charge is -2.01. The number of rotatable bonds is 1. The average molecular weight is 204 g/mol. The Morgan fingerprint density at radius 1 is 1.14 bits per heavy atom. The van der Waals surface area contributed by atoms with E-state index in [2.05, 4.69) is 45.9 Å². The highest BCUT2D eigenvalue weighted by Gasteiger charge is 2.10. The summed E-state index contributed by atoms with van der Waals surface area (Å²) in [5, 5.41) is 1.43. The molecule has 0 N–H and O–H groups in total. The van der Waals surface area contributed by atoms with Gasteiger partial charge in [0, 0.05) is 9.58 Å². The van der Waals surface area contributed by atoms with E-state index in [1.165, 1.54) is 26.1 Å². The average Bonchev–Trinajstić information content (AvgIpc) is 2.43. The molecular weight excluding hydrogens is 188 g/mol. The van der Waals surface area contributed by atoms with Crippen LogP contribution in [0.2, 0.25) is 0 Å². The molecule has 1 aromatic heterocycles. The predicted octanol–water partition coefficient (Wildman–Crippen LogP) is 4.64. The number of fused-ring (bicyclic) bond motifs is 1. The monoisotopic (exact) mass is 204 g/mol. The summed E-state index contributed by atoms with van der Waals surface area (Å²) in [4.78, 5) is 1.53. The second-order valence-electron chi connectivity index (χ2n) is 4.25. The molecule has 1 heterocycles. The van der Waals surface area contributed by atoms with Crippen molar-refractivity contribution in [1.29, 1.82) is 0 Å². The van der Waals surface area contributed by atoms with E-state index in [4.69, 9.17) is 0 Å². The van der Waals surface area contributed by atoms with Crippen LogP contribution in [0.25, 0.3) is 10.1 Å². The first kappa shape index (κ1) is 9.72. The first-order valence-corrected chi connectivity index (χ1v) is 5.91. The van der Waals surface area contributed by atoms with Gasteiger partial charge in [0.15, 0.2) is 0 Å². The first-order valence-electron chi connectivity index (χ1n) is 5.09. The third kappa shape index (κ3) is 1.46. The summed E-state index contributed by atoms with van der Waals surface area (Å²) in [5.41, 5.74) is 2.83. The van der Waals surface area contributed by atoms with E-state index >= 15 is 0 Å². The van der Waals surface area contributed by atoms with E-state index in [1.807, 2.05) is 11.3 Å². The largest absolute Gasteiger partial charge is 0.140 e. The third-order valence-corrected chi connectivity index (χ3v) is 4.21. The molecule has 2 rings (SSSR count). The lowest BCUT2D eigenvalue weighted by molar-refractivity contribution is 0.882. The molecule has 0 fully saturated rings. The van der Waals surface area contributed by atoms with Gasteiger partial charge in [0.25, 0.3) is 0 Å². The minimum absolute atomic E-state index is 0.646. The van der Waals surface area contributed by atoms with Crippen LogP contribution in [0.1, 0.15) is 35.8 Å². The van der Waals surface area contributed by atoms with Crippen molar-refractivity contribution < 1.29 is 0 Å². The van der Waals surface area contributed by atoms with Crippen molar-refractivity contribution in [2.45, 2.75) is 33.6 Å². The summed E-state index contributed by atoms with van der Waals surface area (Å²) < 4.78 is 1.44. The van der Waals surface area contributed by atoms with Crippen LogP contribution in [0.4, 0.5) is 0 Å². The molecule has 0 aliphatic carbocycles. The summed E-state index contributed by atoms with van der Waals surface area (Å²) in [7, 11) is 0. The zero-order valence-electron chi connectivity index (χ0n) is 9.22. The molecule has 0 atom stereocenters. The Morgan fingerprint density at radius 3 is 2.50 bits per heavy atom. The van der Waals surface area contributed by atoms with Gasteiger partial charge in [-0.05, 0) is 42.3 Å². The van der Waals surface area contributed by atoms with Crippen molar-refractivity contribution in [3.63, 3.8) is 0 Å². The van der Waals surface area contributed by atoms with Gasteiger partial charge in [0.2, 0.25) is 0 Å². The lowest BCUT2D eigenvalue weighted by Crippen LogP contribution is -1.83. The fourth-order valence-corrected chi connectivity index (χ4v) is 3.21. The van der Waals surface area contributed by atoms with Crippen LogP contribution in [-0.4, -0.2) is 0 Å². The summed E-state index contributed by atoms with van der Waals surface area (Å²) >= 11 is 1.95. The second-order valence-corrected chi connectivity index (χ2v) is 5.33. The summed E-state index contributed by atoms with van der Waals surface area (Å²) in [6, 6.07) is 6.74. The molecular formula is C13H16S. The molecule has 0 amide bonds. The Kier molecular flexibility index (Phi) is 2.36. The van der Waals surface area contributed by atoms with Gasteiger partial charge in [-0.3, -0.25) is 0 Å². The van der Waals surface area contributed by atoms with E-state index < -0.39 is 0 Å². The van der Waals surface area contributed by atoms with Gasteiger partial charge in [-0.25, -0.2) is 0 Å². The van der Waals surface area contributed by atoms with E-state index in [9.17, 15) is 0 Å². The van der Waals surface area contributed by atoms with Crippen molar-refractivity contribution in [2.24, 2.45) is 0 Å². The Bertz CT molecular complexity index is 463. The second kappa shape index (κ2) is 3.39. The van der Waals surface area contributed by atoms with Crippen LogP contribution in [0, 0.1) is 13.8 Å². The van der Waals surface area contributed by atoms with Crippen LogP contribution in [0.15, 0.2) is 18.2 Å². The van der Waals surface area contributed by atoms with Crippen molar-refractivity contribution in [2.75, 3.05) is 0 Å². The van der Waals surface area contributed by atoms with Crippen LogP contribution in [0.3, 0.4) is 0 Å². The summed E-state index contributed by atoms with van der Waals surface area (Å²) in [5.74, 6) is 0.646. The molecule has 14 heavy (non-hydrogen) atoms. The SMILES string of the molecule is Cc1ccc2c(C)c(C(C)C)sc2c1. The molecule has 1 heteroatoms. The molecule has 0 bridgehead atoms. The standard InChI is InChI=1S/C13H16S/c1-8(2)13-10(4)11-6-5-9(3)7-12(11)14-13/h5-8H,1-4H3. The smallest absolute Gasteiger partial charge is 0.0351 e.